The molecule has 0 aliphatic carbocycles. The predicted octanol–water partition coefficient (Wildman–Crippen LogP) is 28.1. The van der Waals surface area contributed by atoms with Crippen molar-refractivity contribution in [2.75, 3.05) is 0 Å². The second kappa shape index (κ2) is 26.8. The second-order valence-corrected chi connectivity index (χ2v) is 33.3. The van der Waals surface area contributed by atoms with Gasteiger partial charge in [0.1, 0.15) is 11.2 Å². The Kier molecular flexibility index (Phi) is 15.3. The average molecular weight is 1530 g/mol. The highest BCUT2D eigenvalue weighted by molar-refractivity contribution is 8.17. The van der Waals surface area contributed by atoms with Crippen molar-refractivity contribution in [3.05, 3.63) is 382 Å². The fourth-order valence-electron chi connectivity index (χ4n) is 18.0. The van der Waals surface area contributed by atoms with Crippen LogP contribution in [-0.2, 0) is 0 Å². The first-order chi connectivity index (χ1) is 58.0. The molecule has 1 aliphatic rings. The lowest BCUT2D eigenvalue weighted by atomic mass is 9.95. The maximum atomic E-state index is 7.08. The SMILES string of the molecule is c1ccc(-c2nc(-c3ccccc3)nc(-c3cccc4c3-c3cc(-c5ccc6c(c5)c5ccccc5n6-c5cccc6ccccc56)ccc3[SH]4c3cc(-c4ccc(-n5c6ccccc6c6cc(-c7ccc8sc9cccc(-c%10nc(-c%11ccccc%11)nc(-c%11ccccc%11)n%10)c9c8c7)ccc65)cc4)c4oc5ccccc5c4c3)n2)cc1. The number of para-hydroxylation sites is 3. The maximum Gasteiger partial charge on any atom is 0.164 e. The number of hydrogen-bond acceptors (Lipinski definition) is 8. The minimum Gasteiger partial charge on any atom is -0.455 e. The number of hydrogen-bond donors (Lipinski definition) is 1. The molecule has 6 aromatic heterocycles. The van der Waals surface area contributed by atoms with Crippen LogP contribution in [0.15, 0.2) is 401 Å². The van der Waals surface area contributed by atoms with Crippen molar-refractivity contribution in [3.63, 3.8) is 0 Å². The van der Waals surface area contributed by atoms with Crippen molar-refractivity contribution in [3.8, 4) is 124 Å². The molecule has 0 saturated heterocycles. The van der Waals surface area contributed by atoms with Gasteiger partial charge in [-0.15, -0.1) is 11.3 Å². The number of rotatable bonds is 12. The normalized spacial score (nSPS) is 13.0. The van der Waals surface area contributed by atoms with Crippen LogP contribution in [0.4, 0.5) is 0 Å². The molecule has 0 radical (unpaired) electrons. The molecule has 0 N–H and O–H groups in total. The molecule has 1 aliphatic heterocycles. The molecule has 17 aromatic carbocycles. The number of nitrogens with zero attached hydrogens (tertiary/aromatic N) is 8. The maximum absolute atomic E-state index is 7.08. The number of fused-ring (bicyclic) bond motifs is 16. The summed E-state index contributed by atoms with van der Waals surface area (Å²) in [6.07, 6.45) is 0. The number of furan rings is 1. The van der Waals surface area contributed by atoms with Crippen molar-refractivity contribution < 1.29 is 4.42 Å². The zero-order chi connectivity index (χ0) is 76.8. The molecule has 546 valence electrons. The molecular weight excluding hydrogens is 1470 g/mol. The topological polar surface area (TPSA) is 100 Å². The van der Waals surface area contributed by atoms with Crippen LogP contribution in [0.2, 0.25) is 0 Å². The Morgan fingerprint density at radius 3 is 1.37 bits per heavy atom. The van der Waals surface area contributed by atoms with Gasteiger partial charge in [0.05, 0.1) is 27.8 Å². The summed E-state index contributed by atoms with van der Waals surface area (Å²) in [7, 11) is -1.23. The third-order valence-electron chi connectivity index (χ3n) is 23.3. The first kappa shape index (κ1) is 66.6. The van der Waals surface area contributed by atoms with Crippen LogP contribution in [0.25, 0.3) is 221 Å². The van der Waals surface area contributed by atoms with Crippen LogP contribution >= 0.6 is 22.2 Å². The van der Waals surface area contributed by atoms with E-state index in [-0.39, 0.29) is 0 Å². The van der Waals surface area contributed by atoms with Gasteiger partial charge in [0, 0.05) is 118 Å². The van der Waals surface area contributed by atoms with Crippen LogP contribution in [0, 0.1) is 0 Å². The van der Waals surface area contributed by atoms with Crippen LogP contribution in [0.1, 0.15) is 0 Å². The predicted molar refractivity (Wildman–Crippen MR) is 484 cm³/mol. The van der Waals surface area contributed by atoms with Crippen molar-refractivity contribution in [2.45, 2.75) is 14.7 Å². The molecule has 0 saturated carbocycles. The van der Waals surface area contributed by atoms with Gasteiger partial charge in [0.25, 0.3) is 0 Å². The van der Waals surface area contributed by atoms with Gasteiger partial charge in [-0.2, -0.15) is 10.9 Å². The third kappa shape index (κ3) is 10.9. The summed E-state index contributed by atoms with van der Waals surface area (Å²) in [5.74, 6) is 3.76. The monoisotopic (exact) mass is 1530 g/mol. The Labute approximate surface area is 678 Å². The Bertz CT molecular complexity index is 7890. The van der Waals surface area contributed by atoms with Gasteiger partial charge in [-0.05, 0) is 153 Å². The van der Waals surface area contributed by atoms with E-state index in [1.54, 1.807) is 11.3 Å². The van der Waals surface area contributed by atoms with Crippen LogP contribution in [0.5, 0.6) is 0 Å². The fourth-order valence-corrected chi connectivity index (χ4v) is 21.7. The summed E-state index contributed by atoms with van der Waals surface area (Å²) in [5.41, 5.74) is 23.0. The molecule has 24 rings (SSSR count). The number of thiol groups is 1. The molecular formula is C106H64N8OS2. The molecule has 0 fully saturated rings. The van der Waals surface area contributed by atoms with Crippen LogP contribution in [-0.4, -0.2) is 39.0 Å². The molecule has 1 atom stereocenters. The summed E-state index contributed by atoms with van der Waals surface area (Å²) in [6.45, 7) is 0. The molecule has 9 nitrogen and oxygen atoms in total. The molecule has 11 heteroatoms. The van der Waals surface area contributed by atoms with E-state index in [1.807, 2.05) is 72.8 Å². The molecule has 0 spiro atoms. The lowest BCUT2D eigenvalue weighted by molar-refractivity contribution is 0.670. The minimum atomic E-state index is -1.23. The Morgan fingerprint density at radius 2 is 0.726 bits per heavy atom. The Hall–Kier alpha value is -15.0. The van der Waals surface area contributed by atoms with E-state index in [4.69, 9.17) is 34.3 Å². The number of aromatic nitrogens is 8. The van der Waals surface area contributed by atoms with Gasteiger partial charge in [-0.25, -0.2) is 29.9 Å². The molecule has 1 unspecified atom stereocenters. The van der Waals surface area contributed by atoms with E-state index in [1.165, 1.54) is 61.9 Å². The zero-order valence-electron chi connectivity index (χ0n) is 62.7. The Balaban J connectivity index is 0.638. The highest BCUT2D eigenvalue weighted by Gasteiger charge is 2.34. The largest absolute Gasteiger partial charge is 0.455 e. The Morgan fingerprint density at radius 1 is 0.256 bits per heavy atom. The number of benzene rings is 17. The molecule has 23 aromatic rings. The standard InChI is InChI=1S/C106H64N8OS2/c1-5-25-66(26-6-1)101-107-102(67-27-7-2-8-28-67)110-105(109-101)80-38-22-44-95-98(80)86-60-72(50-56-94(86)116-95)70-48-54-91-83(58-70)77-35-15-18-40-89(77)113(91)74-52-46-65(47-53-74)82-62-75(63-85-79-37-17-20-43-93(79)115-100(82)85)117-96-57-51-73(71-49-55-92-84(59-71)78-36-16-19-41-90(78)114(92)88-42-21-33-64-24-13-14-34-76(64)88)61-87(96)99-81(39-23-45-97(99)117)106-111-103(68-29-9-3-10-30-68)108-104(112-106)69-31-11-4-12-32-69/h1-63,117H. The lowest BCUT2D eigenvalue weighted by Crippen LogP contribution is -2.01. The number of thiophene rings is 1. The molecule has 0 bridgehead atoms. The quantitative estimate of drug-likeness (QED) is 0.122. The highest BCUT2D eigenvalue weighted by atomic mass is 32.2. The van der Waals surface area contributed by atoms with E-state index < -0.39 is 10.9 Å². The third-order valence-corrected chi connectivity index (χ3v) is 27.0. The summed E-state index contributed by atoms with van der Waals surface area (Å²) < 4.78 is 14.3. The van der Waals surface area contributed by atoms with E-state index in [0.29, 0.717) is 34.9 Å². The van der Waals surface area contributed by atoms with Gasteiger partial charge < -0.3 is 13.6 Å². The molecule has 7 heterocycles. The lowest BCUT2D eigenvalue weighted by Gasteiger charge is -2.21. The van der Waals surface area contributed by atoms with Gasteiger partial charge in [-0.3, -0.25) is 0 Å². The van der Waals surface area contributed by atoms with Gasteiger partial charge in [0.2, 0.25) is 0 Å². The van der Waals surface area contributed by atoms with Gasteiger partial charge >= 0.3 is 0 Å². The van der Waals surface area contributed by atoms with Crippen molar-refractivity contribution in [1.82, 2.24) is 39.0 Å². The average Bonchev–Trinajstić information content (AvgIpc) is 1.62. The van der Waals surface area contributed by atoms with Crippen molar-refractivity contribution in [1.29, 1.82) is 0 Å². The van der Waals surface area contributed by atoms with Crippen LogP contribution in [0.3, 0.4) is 0 Å². The van der Waals surface area contributed by atoms with Gasteiger partial charge in [-0.1, -0.05) is 273 Å². The molecule has 117 heavy (non-hydrogen) atoms. The van der Waals surface area contributed by atoms with Gasteiger partial charge in [0.15, 0.2) is 34.9 Å². The first-order valence-electron chi connectivity index (χ1n) is 39.4. The summed E-state index contributed by atoms with van der Waals surface area (Å²) in [4.78, 5) is 35.2. The zero-order valence-corrected chi connectivity index (χ0v) is 64.4. The summed E-state index contributed by atoms with van der Waals surface area (Å²) in [5, 5.41) is 11.6. The van der Waals surface area contributed by atoms with Crippen molar-refractivity contribution >= 4 is 119 Å². The molecule has 0 amide bonds. The summed E-state index contributed by atoms with van der Waals surface area (Å²) in [6, 6.07) is 138. The smallest absolute Gasteiger partial charge is 0.164 e. The van der Waals surface area contributed by atoms with E-state index >= 15 is 0 Å². The van der Waals surface area contributed by atoms with Crippen LogP contribution < -0.4 is 0 Å². The van der Waals surface area contributed by atoms with E-state index in [9.17, 15) is 0 Å². The fraction of sp³-hybridized carbons (Fsp3) is 0. The van der Waals surface area contributed by atoms with E-state index in [2.05, 4.69) is 319 Å². The van der Waals surface area contributed by atoms with E-state index in [0.717, 1.165) is 139 Å². The van der Waals surface area contributed by atoms with Crippen molar-refractivity contribution in [2.24, 2.45) is 0 Å². The first-order valence-corrected chi connectivity index (χ1v) is 41.5. The minimum absolute atomic E-state index is 0.616. The second-order valence-electron chi connectivity index (χ2n) is 30.0. The highest BCUT2D eigenvalue weighted by Crippen LogP contribution is 2.66. The summed E-state index contributed by atoms with van der Waals surface area (Å²) >= 11 is 1.80.